The van der Waals surface area contributed by atoms with Crippen molar-refractivity contribution in [1.82, 2.24) is 25.3 Å². The van der Waals surface area contributed by atoms with Gasteiger partial charge in [-0.1, -0.05) is 50.2 Å². The largest absolute Gasteiger partial charge is 0.492 e. The standard InChI is InChI=1S/C26H36N6O/c1-4-31(5-2)17-18-33-25-13-11-22(12-14-25)19-28-26(27-3)29-20-23-9-6-7-10-24(23)21-32-16-8-15-30-32/h6-16H,4-5,17-21H2,1-3H3,(H2,27,28,29). The third-order valence-corrected chi connectivity index (χ3v) is 5.63. The third-order valence-electron chi connectivity index (χ3n) is 5.63. The van der Waals surface area contributed by atoms with Crippen LogP contribution in [0.3, 0.4) is 0 Å². The Kier molecular flexibility index (Phi) is 9.79. The van der Waals surface area contributed by atoms with Crippen molar-refractivity contribution < 1.29 is 4.74 Å². The van der Waals surface area contributed by atoms with Crippen LogP contribution in [0, 0.1) is 0 Å². The van der Waals surface area contributed by atoms with E-state index in [1.807, 2.05) is 29.1 Å². The Morgan fingerprint density at radius 1 is 0.970 bits per heavy atom. The maximum absolute atomic E-state index is 5.87. The van der Waals surface area contributed by atoms with Crippen LogP contribution < -0.4 is 15.4 Å². The number of hydrogen-bond acceptors (Lipinski definition) is 4. The minimum atomic E-state index is 0.689. The molecule has 2 aromatic carbocycles. The van der Waals surface area contributed by atoms with Gasteiger partial charge in [-0.25, -0.2) is 0 Å². The number of aromatic nitrogens is 2. The number of nitrogens with one attached hydrogen (secondary N) is 2. The van der Waals surface area contributed by atoms with Crippen molar-refractivity contribution in [2.24, 2.45) is 4.99 Å². The van der Waals surface area contributed by atoms with E-state index in [1.165, 1.54) is 16.7 Å². The maximum atomic E-state index is 5.87. The van der Waals surface area contributed by atoms with E-state index in [4.69, 9.17) is 4.74 Å². The molecule has 2 N–H and O–H groups in total. The molecule has 0 unspecified atom stereocenters. The van der Waals surface area contributed by atoms with Gasteiger partial charge in [-0.05, 0) is 48.0 Å². The van der Waals surface area contributed by atoms with Crippen LogP contribution in [0.5, 0.6) is 5.75 Å². The zero-order valence-corrected chi connectivity index (χ0v) is 20.0. The Labute approximate surface area is 197 Å². The third kappa shape index (κ3) is 7.95. The zero-order chi connectivity index (χ0) is 23.3. The van der Waals surface area contributed by atoms with Crippen LogP contribution in [0.4, 0.5) is 0 Å². The Morgan fingerprint density at radius 3 is 2.36 bits per heavy atom. The lowest BCUT2D eigenvalue weighted by atomic mass is 10.1. The second-order valence-corrected chi connectivity index (χ2v) is 7.77. The molecular formula is C26H36N6O. The molecule has 1 heterocycles. The molecule has 0 aliphatic rings. The fourth-order valence-corrected chi connectivity index (χ4v) is 3.57. The number of hydrogen-bond donors (Lipinski definition) is 2. The molecule has 0 radical (unpaired) electrons. The minimum Gasteiger partial charge on any atom is -0.492 e. The maximum Gasteiger partial charge on any atom is 0.191 e. The second-order valence-electron chi connectivity index (χ2n) is 7.77. The summed E-state index contributed by atoms with van der Waals surface area (Å²) in [6.07, 6.45) is 3.78. The molecule has 0 spiro atoms. The molecule has 0 saturated carbocycles. The van der Waals surface area contributed by atoms with Gasteiger partial charge in [-0.15, -0.1) is 0 Å². The number of nitrogens with zero attached hydrogens (tertiary/aromatic N) is 4. The highest BCUT2D eigenvalue weighted by Crippen LogP contribution is 2.13. The van der Waals surface area contributed by atoms with Crippen molar-refractivity contribution in [2.45, 2.75) is 33.5 Å². The number of guanidine groups is 1. The summed E-state index contributed by atoms with van der Waals surface area (Å²) in [5.41, 5.74) is 3.64. The highest BCUT2D eigenvalue weighted by atomic mass is 16.5. The van der Waals surface area contributed by atoms with E-state index < -0.39 is 0 Å². The van der Waals surface area contributed by atoms with E-state index in [0.717, 1.165) is 37.9 Å². The van der Waals surface area contributed by atoms with Crippen molar-refractivity contribution in [1.29, 1.82) is 0 Å². The average Bonchev–Trinajstić information content (AvgIpc) is 3.37. The second kappa shape index (κ2) is 13.3. The van der Waals surface area contributed by atoms with Crippen molar-refractivity contribution in [3.8, 4) is 5.75 Å². The monoisotopic (exact) mass is 448 g/mol. The van der Waals surface area contributed by atoms with Gasteiger partial charge in [0.25, 0.3) is 0 Å². The van der Waals surface area contributed by atoms with Crippen LogP contribution in [-0.4, -0.2) is 53.9 Å². The van der Waals surface area contributed by atoms with E-state index in [2.05, 4.69) is 75.9 Å². The lowest BCUT2D eigenvalue weighted by Crippen LogP contribution is -2.36. The average molecular weight is 449 g/mol. The highest BCUT2D eigenvalue weighted by molar-refractivity contribution is 5.79. The van der Waals surface area contributed by atoms with Gasteiger partial charge >= 0.3 is 0 Å². The molecule has 0 fully saturated rings. The summed E-state index contributed by atoms with van der Waals surface area (Å²) in [6, 6.07) is 18.6. The van der Waals surface area contributed by atoms with E-state index in [-0.39, 0.29) is 0 Å². The highest BCUT2D eigenvalue weighted by Gasteiger charge is 2.05. The Hall–Kier alpha value is -3.32. The van der Waals surface area contributed by atoms with Crippen molar-refractivity contribution in [3.05, 3.63) is 83.7 Å². The van der Waals surface area contributed by atoms with Crippen LogP contribution in [0.1, 0.15) is 30.5 Å². The summed E-state index contributed by atoms with van der Waals surface area (Å²) in [4.78, 5) is 6.72. The number of aliphatic imine (C=N–C) groups is 1. The van der Waals surface area contributed by atoms with Gasteiger partial charge in [0.15, 0.2) is 5.96 Å². The SMILES string of the molecule is CCN(CC)CCOc1ccc(CNC(=NC)NCc2ccccc2Cn2cccn2)cc1. The van der Waals surface area contributed by atoms with Gasteiger partial charge in [0.1, 0.15) is 12.4 Å². The fourth-order valence-electron chi connectivity index (χ4n) is 3.57. The molecule has 1 aromatic heterocycles. The lowest BCUT2D eigenvalue weighted by Gasteiger charge is -2.18. The summed E-state index contributed by atoms with van der Waals surface area (Å²) in [5, 5.41) is 11.1. The number of benzene rings is 2. The summed E-state index contributed by atoms with van der Waals surface area (Å²) >= 11 is 0. The van der Waals surface area contributed by atoms with E-state index >= 15 is 0 Å². The van der Waals surface area contributed by atoms with Gasteiger partial charge in [0, 0.05) is 39.1 Å². The molecule has 3 rings (SSSR count). The first-order chi connectivity index (χ1) is 16.2. The normalized spacial score (nSPS) is 11.6. The lowest BCUT2D eigenvalue weighted by molar-refractivity contribution is 0.223. The quantitative estimate of drug-likeness (QED) is 0.328. The molecule has 7 nitrogen and oxygen atoms in total. The molecule has 0 saturated heterocycles. The molecular weight excluding hydrogens is 412 g/mol. The summed E-state index contributed by atoms with van der Waals surface area (Å²) in [7, 11) is 1.79. The van der Waals surface area contributed by atoms with Crippen LogP contribution in [0.25, 0.3) is 0 Å². The van der Waals surface area contributed by atoms with Crippen LogP contribution in [0.15, 0.2) is 72.0 Å². The predicted molar refractivity (Wildman–Crippen MR) is 135 cm³/mol. The molecule has 0 amide bonds. The predicted octanol–water partition coefficient (Wildman–Crippen LogP) is 3.52. The number of ether oxygens (including phenoxy) is 1. The topological polar surface area (TPSA) is 66.7 Å². The van der Waals surface area contributed by atoms with Gasteiger partial charge in [-0.3, -0.25) is 9.67 Å². The summed E-state index contributed by atoms with van der Waals surface area (Å²) < 4.78 is 7.81. The summed E-state index contributed by atoms with van der Waals surface area (Å²) in [6.45, 7) is 10.2. The molecule has 0 bridgehead atoms. The fraction of sp³-hybridized carbons (Fsp3) is 0.385. The molecule has 176 valence electrons. The minimum absolute atomic E-state index is 0.689. The van der Waals surface area contributed by atoms with Crippen molar-refractivity contribution in [3.63, 3.8) is 0 Å². The smallest absolute Gasteiger partial charge is 0.191 e. The van der Waals surface area contributed by atoms with Crippen molar-refractivity contribution in [2.75, 3.05) is 33.3 Å². The molecule has 0 aliphatic carbocycles. The Balaban J connectivity index is 1.45. The zero-order valence-electron chi connectivity index (χ0n) is 20.0. The van der Waals surface area contributed by atoms with Crippen LogP contribution in [0.2, 0.25) is 0 Å². The first-order valence-corrected chi connectivity index (χ1v) is 11.6. The number of likely N-dealkylation sites (N-methyl/N-ethyl adjacent to an activating group) is 1. The van der Waals surface area contributed by atoms with Gasteiger partial charge in [0.2, 0.25) is 0 Å². The molecule has 3 aromatic rings. The molecule has 0 atom stereocenters. The Bertz CT molecular complexity index is 965. The van der Waals surface area contributed by atoms with Crippen LogP contribution in [-0.2, 0) is 19.6 Å². The van der Waals surface area contributed by atoms with Crippen molar-refractivity contribution >= 4 is 5.96 Å². The van der Waals surface area contributed by atoms with Gasteiger partial charge < -0.3 is 20.3 Å². The van der Waals surface area contributed by atoms with E-state index in [0.29, 0.717) is 19.7 Å². The first kappa shape index (κ1) is 24.3. The molecule has 7 heteroatoms. The van der Waals surface area contributed by atoms with Gasteiger partial charge in [-0.2, -0.15) is 5.10 Å². The van der Waals surface area contributed by atoms with E-state index in [9.17, 15) is 0 Å². The Morgan fingerprint density at radius 2 is 1.70 bits per heavy atom. The molecule has 0 aliphatic heterocycles. The van der Waals surface area contributed by atoms with Gasteiger partial charge in [0.05, 0.1) is 6.54 Å². The summed E-state index contributed by atoms with van der Waals surface area (Å²) in [5.74, 6) is 1.67. The van der Waals surface area contributed by atoms with E-state index in [1.54, 1.807) is 13.2 Å². The first-order valence-electron chi connectivity index (χ1n) is 11.6. The molecule has 33 heavy (non-hydrogen) atoms. The van der Waals surface area contributed by atoms with Crippen LogP contribution >= 0.6 is 0 Å². The number of rotatable bonds is 12.